The number of anilines is 1. The average molecular weight is 487 g/mol. The Hall–Kier alpha value is -2.06. The van der Waals surface area contributed by atoms with Crippen molar-refractivity contribution >= 4 is 68.1 Å². The van der Waals surface area contributed by atoms with E-state index in [1.54, 1.807) is 11.0 Å². The number of carbonyl (C=O) groups excluding carboxylic acids is 1. The molecule has 1 aliphatic heterocycles. The van der Waals surface area contributed by atoms with Crippen LogP contribution in [0.3, 0.4) is 0 Å². The molecule has 1 fully saturated rings. The normalized spacial score (nSPS) is 14.4. The van der Waals surface area contributed by atoms with Crippen LogP contribution in [0.15, 0.2) is 30.9 Å². The van der Waals surface area contributed by atoms with Gasteiger partial charge in [0.25, 0.3) is 0 Å². The van der Waals surface area contributed by atoms with Gasteiger partial charge in [0, 0.05) is 42.7 Å². The van der Waals surface area contributed by atoms with Crippen LogP contribution in [-0.4, -0.2) is 46.5 Å². The Kier molecular flexibility index (Phi) is 5.81. The molecule has 5 nitrogen and oxygen atoms in total. The number of benzene rings is 2. The zero-order chi connectivity index (χ0) is 21.6. The van der Waals surface area contributed by atoms with E-state index >= 15 is 4.39 Å². The second-order valence-corrected chi connectivity index (χ2v) is 8.70. The molecule has 0 bridgehead atoms. The first-order chi connectivity index (χ1) is 14.3. The summed E-state index contributed by atoms with van der Waals surface area (Å²) in [6.07, 6.45) is 1.30. The van der Waals surface area contributed by atoms with Gasteiger partial charge in [-0.25, -0.2) is 4.39 Å². The van der Waals surface area contributed by atoms with Crippen molar-refractivity contribution in [2.75, 3.05) is 31.1 Å². The Bertz CT molecular complexity index is 1180. The van der Waals surface area contributed by atoms with E-state index in [0.717, 1.165) is 5.00 Å². The number of rotatable bonds is 3. The number of hydrogen-bond donors (Lipinski definition) is 1. The minimum Gasteiger partial charge on any atom is -0.506 e. The molecule has 3 aromatic rings. The van der Waals surface area contributed by atoms with E-state index in [0.29, 0.717) is 31.6 Å². The molecule has 1 aliphatic rings. The minimum absolute atomic E-state index is 0.0550. The second kappa shape index (κ2) is 8.23. The number of phenols is 1. The molecular weight excluding hydrogens is 472 g/mol. The van der Waals surface area contributed by atoms with Crippen LogP contribution in [0.2, 0.25) is 15.1 Å². The summed E-state index contributed by atoms with van der Waals surface area (Å²) >= 11 is 19.7. The quantitative estimate of drug-likeness (QED) is 0.489. The lowest BCUT2D eigenvalue weighted by Gasteiger charge is -2.34. The molecule has 0 atom stereocenters. The molecule has 0 aliphatic carbocycles. The number of halogens is 4. The molecule has 0 saturated carbocycles. The fourth-order valence-corrected chi connectivity index (χ4v) is 5.14. The summed E-state index contributed by atoms with van der Waals surface area (Å²) < 4.78 is 19.7. The van der Waals surface area contributed by atoms with Crippen molar-refractivity contribution in [3.05, 3.63) is 51.7 Å². The molecule has 0 unspecified atom stereocenters. The van der Waals surface area contributed by atoms with Gasteiger partial charge in [0.15, 0.2) is 5.82 Å². The molecule has 1 amide bonds. The number of aromatic nitrogens is 1. The maximum Gasteiger partial charge on any atom is 0.246 e. The summed E-state index contributed by atoms with van der Waals surface area (Å²) in [4.78, 5) is 15.6. The van der Waals surface area contributed by atoms with Gasteiger partial charge in [-0.15, -0.1) is 0 Å². The van der Waals surface area contributed by atoms with E-state index in [1.165, 1.54) is 29.7 Å². The van der Waals surface area contributed by atoms with Crippen molar-refractivity contribution in [2.24, 2.45) is 0 Å². The molecule has 2 heterocycles. The van der Waals surface area contributed by atoms with Crippen LogP contribution < -0.4 is 4.90 Å². The van der Waals surface area contributed by atoms with Crippen LogP contribution in [0.4, 0.5) is 9.39 Å². The summed E-state index contributed by atoms with van der Waals surface area (Å²) in [6, 6.07) is 4.27. The SMILES string of the molecule is C=CC(=O)N1CCN(c2snc3c(F)c(-c4cc(O)c(Cl)cc4Cl)c(Cl)cc23)CC1. The van der Waals surface area contributed by atoms with Crippen LogP contribution >= 0.6 is 46.3 Å². The summed E-state index contributed by atoms with van der Waals surface area (Å²) in [6.45, 7) is 5.78. The minimum atomic E-state index is -0.621. The number of phenolic OH excluding ortho intramolecular Hbond substituents is 1. The van der Waals surface area contributed by atoms with E-state index in [4.69, 9.17) is 34.8 Å². The average Bonchev–Trinajstić information content (AvgIpc) is 3.15. The largest absolute Gasteiger partial charge is 0.506 e. The van der Waals surface area contributed by atoms with Crippen LogP contribution in [0.1, 0.15) is 0 Å². The fraction of sp³-hybridized carbons (Fsp3) is 0.200. The first-order valence-corrected chi connectivity index (χ1v) is 10.8. The Balaban J connectivity index is 1.74. The van der Waals surface area contributed by atoms with Gasteiger partial charge >= 0.3 is 0 Å². The van der Waals surface area contributed by atoms with Crippen LogP contribution in [0.5, 0.6) is 5.75 Å². The summed E-state index contributed by atoms with van der Waals surface area (Å²) in [5.74, 6) is -0.952. The Labute approximate surface area is 191 Å². The van der Waals surface area contributed by atoms with Crippen LogP contribution in [0.25, 0.3) is 22.0 Å². The zero-order valence-electron chi connectivity index (χ0n) is 15.5. The number of aromatic hydroxyl groups is 1. The predicted octanol–water partition coefficient (Wildman–Crippen LogP) is 5.60. The maximum absolute atomic E-state index is 15.4. The number of fused-ring (bicyclic) bond motifs is 1. The lowest BCUT2D eigenvalue weighted by Crippen LogP contribution is -2.48. The highest BCUT2D eigenvalue weighted by molar-refractivity contribution is 7.11. The molecule has 4 rings (SSSR count). The molecule has 156 valence electrons. The van der Waals surface area contributed by atoms with E-state index in [9.17, 15) is 9.90 Å². The van der Waals surface area contributed by atoms with E-state index < -0.39 is 5.82 Å². The molecule has 0 spiro atoms. The Morgan fingerprint density at radius 3 is 2.50 bits per heavy atom. The highest BCUT2D eigenvalue weighted by Gasteiger charge is 2.26. The monoisotopic (exact) mass is 485 g/mol. The smallest absolute Gasteiger partial charge is 0.246 e. The van der Waals surface area contributed by atoms with E-state index in [2.05, 4.69) is 15.9 Å². The summed E-state index contributed by atoms with van der Waals surface area (Å²) in [7, 11) is 0. The topological polar surface area (TPSA) is 56.7 Å². The number of carbonyl (C=O) groups is 1. The van der Waals surface area contributed by atoms with E-state index in [-0.39, 0.29) is 43.4 Å². The van der Waals surface area contributed by atoms with Gasteiger partial charge in [0.2, 0.25) is 5.91 Å². The van der Waals surface area contributed by atoms with Gasteiger partial charge in [-0.3, -0.25) is 4.79 Å². The molecule has 1 saturated heterocycles. The second-order valence-electron chi connectivity index (χ2n) is 6.73. The summed E-state index contributed by atoms with van der Waals surface area (Å²) in [5.41, 5.74) is 0.456. The van der Waals surface area contributed by atoms with Crippen molar-refractivity contribution in [1.29, 1.82) is 0 Å². The van der Waals surface area contributed by atoms with Gasteiger partial charge in [-0.1, -0.05) is 41.4 Å². The maximum atomic E-state index is 15.4. The van der Waals surface area contributed by atoms with Crippen LogP contribution in [-0.2, 0) is 4.79 Å². The van der Waals surface area contributed by atoms with Gasteiger partial charge in [0.1, 0.15) is 16.3 Å². The number of piperazine rings is 1. The molecule has 10 heteroatoms. The van der Waals surface area contributed by atoms with Gasteiger partial charge in [0.05, 0.1) is 15.1 Å². The molecule has 30 heavy (non-hydrogen) atoms. The molecule has 1 N–H and O–H groups in total. The van der Waals surface area contributed by atoms with Gasteiger partial charge < -0.3 is 14.9 Å². The first kappa shape index (κ1) is 21.2. The molecule has 0 radical (unpaired) electrons. The number of nitrogens with zero attached hydrogens (tertiary/aromatic N) is 3. The van der Waals surface area contributed by atoms with Crippen LogP contribution in [0, 0.1) is 5.82 Å². The number of amides is 1. The highest BCUT2D eigenvalue weighted by atomic mass is 35.5. The third-order valence-electron chi connectivity index (χ3n) is 5.01. The molecule has 1 aromatic heterocycles. The van der Waals surface area contributed by atoms with Gasteiger partial charge in [-0.05, 0) is 35.8 Å². The van der Waals surface area contributed by atoms with Crippen molar-refractivity contribution in [2.45, 2.75) is 0 Å². The first-order valence-electron chi connectivity index (χ1n) is 8.94. The Morgan fingerprint density at radius 1 is 1.13 bits per heavy atom. The predicted molar refractivity (Wildman–Crippen MR) is 121 cm³/mol. The van der Waals surface area contributed by atoms with Gasteiger partial charge in [-0.2, -0.15) is 4.37 Å². The third-order valence-corrected chi connectivity index (χ3v) is 6.84. The highest BCUT2D eigenvalue weighted by Crippen LogP contribution is 2.44. The zero-order valence-corrected chi connectivity index (χ0v) is 18.5. The summed E-state index contributed by atoms with van der Waals surface area (Å²) in [5, 5.41) is 11.7. The van der Waals surface area contributed by atoms with Crippen molar-refractivity contribution in [1.82, 2.24) is 9.27 Å². The standard InChI is InChI=1S/C20H15Cl3FN3O2S/c1-2-16(29)26-3-5-27(6-4-26)20-11-7-14(23)17(18(24)19(11)25-30-20)10-8-15(28)13(22)9-12(10)21/h2,7-9,28H,1,3-6H2. The van der Waals surface area contributed by atoms with Crippen molar-refractivity contribution < 1.29 is 14.3 Å². The van der Waals surface area contributed by atoms with E-state index in [1.807, 2.05) is 0 Å². The fourth-order valence-electron chi connectivity index (χ4n) is 3.46. The lowest BCUT2D eigenvalue weighted by molar-refractivity contribution is -0.126. The third kappa shape index (κ3) is 3.60. The number of hydrogen-bond acceptors (Lipinski definition) is 5. The molecule has 2 aromatic carbocycles. The van der Waals surface area contributed by atoms with Crippen molar-refractivity contribution in [3.8, 4) is 16.9 Å². The molecular formula is C20H15Cl3FN3O2S. The Morgan fingerprint density at radius 2 is 1.83 bits per heavy atom. The van der Waals surface area contributed by atoms with Crippen molar-refractivity contribution in [3.63, 3.8) is 0 Å². The lowest BCUT2D eigenvalue weighted by atomic mass is 10.0.